The van der Waals surface area contributed by atoms with Crippen LogP contribution in [0.3, 0.4) is 0 Å². The van der Waals surface area contributed by atoms with E-state index in [2.05, 4.69) is 35.6 Å². The van der Waals surface area contributed by atoms with Crippen LogP contribution in [0.1, 0.15) is 43.8 Å². The summed E-state index contributed by atoms with van der Waals surface area (Å²) in [6, 6.07) is 0. The van der Waals surface area contributed by atoms with Crippen LogP contribution in [0.15, 0.2) is 6.20 Å². The number of hydrogen-bond donors (Lipinski definition) is 0. The third-order valence-electron chi connectivity index (χ3n) is 3.01. The molecule has 0 bridgehead atoms. The predicted molar refractivity (Wildman–Crippen MR) is 60.8 cm³/mol. The molecule has 0 fully saturated rings. The van der Waals surface area contributed by atoms with Crippen LogP contribution in [0.4, 0.5) is 0 Å². The Balaban J connectivity index is 2.26. The molecule has 15 heavy (non-hydrogen) atoms. The normalized spacial score (nSPS) is 16.8. The molecule has 0 amide bonds. The predicted octanol–water partition coefficient (Wildman–Crippen LogP) is 1.98. The minimum absolute atomic E-state index is 0.423. The average Bonchev–Trinajstić information content (AvgIpc) is 2.27. The highest BCUT2D eigenvalue weighted by atomic mass is 15.1. The van der Waals surface area contributed by atoms with Gasteiger partial charge in [0, 0.05) is 25.2 Å². The molecule has 1 aliphatic rings. The molecule has 0 saturated heterocycles. The van der Waals surface area contributed by atoms with Crippen molar-refractivity contribution >= 4 is 0 Å². The van der Waals surface area contributed by atoms with Crippen molar-refractivity contribution in [3.8, 4) is 0 Å². The van der Waals surface area contributed by atoms with Crippen molar-refractivity contribution in [1.29, 1.82) is 0 Å². The second-order valence-corrected chi connectivity index (χ2v) is 4.47. The zero-order valence-corrected chi connectivity index (χ0v) is 9.82. The maximum atomic E-state index is 4.66. The van der Waals surface area contributed by atoms with Crippen molar-refractivity contribution in [3.05, 3.63) is 23.3 Å². The van der Waals surface area contributed by atoms with Crippen LogP contribution in [0.25, 0.3) is 0 Å². The number of nitrogens with zero attached hydrogens (tertiary/aromatic N) is 3. The molecule has 0 unspecified atom stereocenters. The first-order valence-corrected chi connectivity index (χ1v) is 5.77. The van der Waals surface area contributed by atoms with Gasteiger partial charge in [0.1, 0.15) is 5.82 Å². The van der Waals surface area contributed by atoms with Crippen LogP contribution in [-0.4, -0.2) is 28.0 Å². The number of rotatable bonds is 2. The summed E-state index contributed by atoms with van der Waals surface area (Å²) >= 11 is 0. The third kappa shape index (κ3) is 2.17. The highest BCUT2D eigenvalue weighted by molar-refractivity contribution is 5.21. The summed E-state index contributed by atoms with van der Waals surface area (Å²) in [6.07, 6.45) is 3.12. The standard InChI is InChI=1S/C12H19N3/c1-4-15-6-5-10-7-13-12(9(2)3)14-11(10)8-15/h7,9H,4-6,8H2,1-3H3. The van der Waals surface area contributed by atoms with Gasteiger partial charge in [-0.1, -0.05) is 20.8 Å². The lowest BCUT2D eigenvalue weighted by molar-refractivity contribution is 0.262. The van der Waals surface area contributed by atoms with E-state index in [-0.39, 0.29) is 0 Å². The maximum absolute atomic E-state index is 4.66. The lowest BCUT2D eigenvalue weighted by Gasteiger charge is -2.26. The third-order valence-corrected chi connectivity index (χ3v) is 3.01. The molecular formula is C12H19N3. The molecule has 1 aromatic heterocycles. The van der Waals surface area contributed by atoms with E-state index < -0.39 is 0 Å². The molecule has 0 aromatic carbocycles. The van der Waals surface area contributed by atoms with Gasteiger partial charge in [0.05, 0.1) is 5.69 Å². The highest BCUT2D eigenvalue weighted by Gasteiger charge is 2.17. The fraction of sp³-hybridized carbons (Fsp3) is 0.667. The van der Waals surface area contributed by atoms with E-state index in [1.54, 1.807) is 0 Å². The first-order chi connectivity index (χ1) is 7.20. The van der Waals surface area contributed by atoms with Gasteiger partial charge in [-0.15, -0.1) is 0 Å². The number of fused-ring (bicyclic) bond motifs is 1. The quantitative estimate of drug-likeness (QED) is 0.739. The van der Waals surface area contributed by atoms with E-state index in [1.165, 1.54) is 11.3 Å². The Hall–Kier alpha value is -0.960. The van der Waals surface area contributed by atoms with E-state index in [0.717, 1.165) is 31.9 Å². The molecule has 0 aliphatic carbocycles. The van der Waals surface area contributed by atoms with Gasteiger partial charge in [0.2, 0.25) is 0 Å². The minimum Gasteiger partial charge on any atom is -0.297 e. The summed E-state index contributed by atoms with van der Waals surface area (Å²) in [5.41, 5.74) is 2.57. The Morgan fingerprint density at radius 2 is 2.27 bits per heavy atom. The Bertz CT molecular complexity index is 347. The molecule has 1 aliphatic heterocycles. The summed E-state index contributed by atoms with van der Waals surface area (Å²) in [5, 5.41) is 0. The van der Waals surface area contributed by atoms with E-state index in [0.29, 0.717) is 5.92 Å². The van der Waals surface area contributed by atoms with Gasteiger partial charge in [-0.05, 0) is 18.5 Å². The van der Waals surface area contributed by atoms with Gasteiger partial charge in [-0.25, -0.2) is 9.97 Å². The fourth-order valence-corrected chi connectivity index (χ4v) is 1.92. The topological polar surface area (TPSA) is 29.0 Å². The Kier molecular flexibility index (Phi) is 3.00. The lowest BCUT2D eigenvalue weighted by atomic mass is 10.1. The van der Waals surface area contributed by atoms with Crippen molar-refractivity contribution in [1.82, 2.24) is 14.9 Å². The van der Waals surface area contributed by atoms with Crippen LogP contribution in [-0.2, 0) is 13.0 Å². The zero-order chi connectivity index (χ0) is 10.8. The van der Waals surface area contributed by atoms with Crippen LogP contribution < -0.4 is 0 Å². The Labute approximate surface area is 91.5 Å². The van der Waals surface area contributed by atoms with E-state index >= 15 is 0 Å². The van der Waals surface area contributed by atoms with Crippen LogP contribution in [0.5, 0.6) is 0 Å². The van der Waals surface area contributed by atoms with E-state index in [4.69, 9.17) is 0 Å². The van der Waals surface area contributed by atoms with Crippen LogP contribution in [0, 0.1) is 0 Å². The smallest absolute Gasteiger partial charge is 0.131 e. The van der Waals surface area contributed by atoms with Crippen LogP contribution in [0.2, 0.25) is 0 Å². The first kappa shape index (κ1) is 10.6. The lowest BCUT2D eigenvalue weighted by Crippen LogP contribution is -2.31. The minimum atomic E-state index is 0.423. The van der Waals surface area contributed by atoms with E-state index in [1.807, 2.05) is 6.20 Å². The second kappa shape index (κ2) is 4.27. The Morgan fingerprint density at radius 3 is 2.93 bits per heavy atom. The fourth-order valence-electron chi connectivity index (χ4n) is 1.92. The molecule has 2 heterocycles. The van der Waals surface area contributed by atoms with Crippen molar-refractivity contribution in [2.45, 2.75) is 39.7 Å². The summed E-state index contributed by atoms with van der Waals surface area (Å²) < 4.78 is 0. The Morgan fingerprint density at radius 1 is 1.47 bits per heavy atom. The molecule has 0 N–H and O–H groups in total. The molecule has 82 valence electrons. The summed E-state index contributed by atoms with van der Waals surface area (Å²) in [5.74, 6) is 1.40. The SMILES string of the molecule is CCN1CCc2cnc(C(C)C)nc2C1. The van der Waals surface area contributed by atoms with Gasteiger partial charge in [-0.3, -0.25) is 4.90 Å². The molecule has 0 spiro atoms. The number of aromatic nitrogens is 2. The molecular weight excluding hydrogens is 186 g/mol. The first-order valence-electron chi connectivity index (χ1n) is 5.77. The van der Waals surface area contributed by atoms with Crippen LogP contribution >= 0.6 is 0 Å². The van der Waals surface area contributed by atoms with Crippen molar-refractivity contribution in [2.24, 2.45) is 0 Å². The molecule has 3 heteroatoms. The summed E-state index contributed by atoms with van der Waals surface area (Å²) in [7, 11) is 0. The van der Waals surface area contributed by atoms with Crippen molar-refractivity contribution in [2.75, 3.05) is 13.1 Å². The molecule has 1 aromatic rings. The molecule has 2 rings (SSSR count). The van der Waals surface area contributed by atoms with Gasteiger partial charge >= 0.3 is 0 Å². The largest absolute Gasteiger partial charge is 0.297 e. The number of hydrogen-bond acceptors (Lipinski definition) is 3. The monoisotopic (exact) mass is 205 g/mol. The van der Waals surface area contributed by atoms with Gasteiger partial charge in [-0.2, -0.15) is 0 Å². The average molecular weight is 205 g/mol. The summed E-state index contributed by atoms with van der Waals surface area (Å²) in [6.45, 7) is 9.74. The second-order valence-electron chi connectivity index (χ2n) is 4.47. The van der Waals surface area contributed by atoms with Crippen molar-refractivity contribution in [3.63, 3.8) is 0 Å². The van der Waals surface area contributed by atoms with Crippen molar-refractivity contribution < 1.29 is 0 Å². The molecule has 0 radical (unpaired) electrons. The van der Waals surface area contributed by atoms with Gasteiger partial charge in [0.15, 0.2) is 0 Å². The number of likely N-dealkylation sites (N-methyl/N-ethyl adjacent to an activating group) is 1. The van der Waals surface area contributed by atoms with Gasteiger partial charge < -0.3 is 0 Å². The molecule has 0 saturated carbocycles. The van der Waals surface area contributed by atoms with Gasteiger partial charge in [0.25, 0.3) is 0 Å². The maximum Gasteiger partial charge on any atom is 0.131 e. The summed E-state index contributed by atoms with van der Waals surface area (Å²) in [4.78, 5) is 11.5. The van der Waals surface area contributed by atoms with E-state index in [9.17, 15) is 0 Å². The highest BCUT2D eigenvalue weighted by Crippen LogP contribution is 2.18. The zero-order valence-electron chi connectivity index (χ0n) is 9.82. The molecule has 3 nitrogen and oxygen atoms in total. The molecule has 0 atom stereocenters.